The molecule has 33 heavy (non-hydrogen) atoms. The summed E-state index contributed by atoms with van der Waals surface area (Å²) in [5.41, 5.74) is -4.46. The van der Waals surface area contributed by atoms with Gasteiger partial charge in [0, 0.05) is 11.1 Å². The van der Waals surface area contributed by atoms with Crippen LogP contribution in [0.15, 0.2) is 78.9 Å². The van der Waals surface area contributed by atoms with E-state index in [1.807, 2.05) is 0 Å². The second-order valence-electron chi connectivity index (χ2n) is 7.18. The van der Waals surface area contributed by atoms with E-state index in [1.165, 1.54) is 54.6 Å². The highest BCUT2D eigenvalue weighted by atomic mass is 32.2. The maximum Gasteiger partial charge on any atom is 0.406 e. The van der Waals surface area contributed by atoms with Gasteiger partial charge in [0.1, 0.15) is 16.9 Å². The molecule has 0 bridgehead atoms. The molecule has 0 aliphatic carbocycles. The van der Waals surface area contributed by atoms with Gasteiger partial charge in [-0.05, 0) is 17.7 Å². The molecule has 0 aromatic heterocycles. The van der Waals surface area contributed by atoms with Crippen LogP contribution in [0.3, 0.4) is 0 Å². The summed E-state index contributed by atoms with van der Waals surface area (Å²) in [6, 6.07) is 16.3. The third-order valence-electron chi connectivity index (χ3n) is 4.70. The van der Waals surface area contributed by atoms with E-state index in [0.29, 0.717) is 12.5 Å². The summed E-state index contributed by atoms with van der Waals surface area (Å²) in [5, 5.41) is 0. The molecule has 0 fully saturated rings. The quantitative estimate of drug-likeness (QED) is 0.356. The number of para-hydroxylation sites is 2. The molecule has 3 aromatic rings. The van der Waals surface area contributed by atoms with Gasteiger partial charge in [0.2, 0.25) is 0 Å². The Labute approximate surface area is 189 Å². The fourth-order valence-corrected chi connectivity index (χ4v) is 4.58. The lowest BCUT2D eigenvalue weighted by Gasteiger charge is -2.38. The van der Waals surface area contributed by atoms with Crippen molar-refractivity contribution in [2.45, 2.75) is 11.6 Å². The van der Waals surface area contributed by atoms with Crippen LogP contribution in [0, 0.1) is 0 Å². The summed E-state index contributed by atoms with van der Waals surface area (Å²) < 4.78 is 103. The van der Waals surface area contributed by atoms with Gasteiger partial charge in [-0.3, -0.25) is 0 Å². The Hall–Kier alpha value is -3.05. The zero-order valence-corrected chi connectivity index (χ0v) is 19.0. The van der Waals surface area contributed by atoms with Crippen molar-refractivity contribution in [3.05, 3.63) is 95.6 Å². The molecule has 0 spiro atoms. The number of halogens is 3. The predicted molar refractivity (Wildman–Crippen MR) is 116 cm³/mol. The molecule has 0 unspecified atom stereocenters. The summed E-state index contributed by atoms with van der Waals surface area (Å²) in [6.07, 6.45) is -3.67. The standard InChI is InChI=1S/C22H19F3O6S2/c1-32(26,27)30-19-14-8-6-12-17(19)21(22(23,24)25,16-10-4-3-5-11-16)18-13-7-9-15-20(18)31-33(2,28)29/h3-15H,1-2H3. The topological polar surface area (TPSA) is 86.7 Å². The van der Waals surface area contributed by atoms with E-state index < -0.39 is 54.5 Å². The number of hydrogen-bond donors (Lipinski definition) is 0. The first kappa shape index (κ1) is 24.6. The minimum absolute atomic E-state index is 0.299. The van der Waals surface area contributed by atoms with Gasteiger partial charge in [-0.15, -0.1) is 0 Å². The largest absolute Gasteiger partial charge is 0.406 e. The first-order valence-electron chi connectivity index (χ1n) is 9.36. The van der Waals surface area contributed by atoms with Gasteiger partial charge in [-0.2, -0.15) is 30.0 Å². The highest BCUT2D eigenvalue weighted by Gasteiger charge is 2.61. The SMILES string of the molecule is CS(=O)(=O)Oc1ccccc1C(c1ccccc1)(c1ccccc1OS(C)(=O)=O)C(F)(F)F. The molecule has 176 valence electrons. The van der Waals surface area contributed by atoms with Gasteiger partial charge < -0.3 is 8.37 Å². The van der Waals surface area contributed by atoms with Crippen molar-refractivity contribution >= 4 is 20.2 Å². The first-order valence-corrected chi connectivity index (χ1v) is 13.0. The van der Waals surface area contributed by atoms with Gasteiger partial charge in [-0.1, -0.05) is 66.7 Å². The molecule has 3 aromatic carbocycles. The number of hydrogen-bond acceptors (Lipinski definition) is 6. The fraction of sp³-hybridized carbons (Fsp3) is 0.182. The number of rotatable bonds is 7. The van der Waals surface area contributed by atoms with E-state index >= 15 is 13.2 Å². The minimum atomic E-state index is -5.09. The van der Waals surface area contributed by atoms with Gasteiger partial charge in [0.05, 0.1) is 12.5 Å². The van der Waals surface area contributed by atoms with Crippen LogP contribution in [-0.2, 0) is 25.7 Å². The Bertz CT molecular complexity index is 1270. The van der Waals surface area contributed by atoms with Gasteiger partial charge in [-0.25, -0.2) is 0 Å². The Kier molecular flexibility index (Phi) is 6.49. The number of alkyl halides is 3. The van der Waals surface area contributed by atoms with Crippen LogP contribution in [0.1, 0.15) is 16.7 Å². The average molecular weight is 501 g/mol. The Morgan fingerprint density at radius 1 is 0.606 bits per heavy atom. The predicted octanol–water partition coefficient (Wildman–Crippen LogP) is 4.26. The van der Waals surface area contributed by atoms with Crippen molar-refractivity contribution in [1.29, 1.82) is 0 Å². The third kappa shape index (κ3) is 5.14. The molecule has 0 radical (unpaired) electrons. The van der Waals surface area contributed by atoms with Gasteiger partial charge in [0.15, 0.2) is 0 Å². The van der Waals surface area contributed by atoms with E-state index in [0.717, 1.165) is 24.3 Å². The molecule has 6 nitrogen and oxygen atoms in total. The molecule has 0 atom stereocenters. The van der Waals surface area contributed by atoms with Crippen LogP contribution in [-0.4, -0.2) is 35.5 Å². The van der Waals surface area contributed by atoms with Gasteiger partial charge >= 0.3 is 26.4 Å². The normalized spacial score (nSPS) is 12.9. The minimum Gasteiger partial charge on any atom is -0.382 e. The maximum absolute atomic E-state index is 15.2. The van der Waals surface area contributed by atoms with E-state index in [4.69, 9.17) is 8.37 Å². The molecule has 0 aliphatic heterocycles. The molecule has 0 heterocycles. The lowest BCUT2D eigenvalue weighted by atomic mass is 9.68. The second-order valence-corrected chi connectivity index (χ2v) is 10.3. The Morgan fingerprint density at radius 2 is 0.970 bits per heavy atom. The Balaban J connectivity index is 2.54. The van der Waals surface area contributed by atoms with E-state index in [9.17, 15) is 16.8 Å². The fourth-order valence-electron chi connectivity index (χ4n) is 3.64. The lowest BCUT2D eigenvalue weighted by molar-refractivity contribution is -0.166. The molecule has 0 saturated carbocycles. The van der Waals surface area contributed by atoms with Gasteiger partial charge in [0.25, 0.3) is 0 Å². The van der Waals surface area contributed by atoms with Crippen LogP contribution in [0.25, 0.3) is 0 Å². The average Bonchev–Trinajstić information content (AvgIpc) is 2.68. The highest BCUT2D eigenvalue weighted by molar-refractivity contribution is 7.86. The lowest BCUT2D eigenvalue weighted by Crippen LogP contribution is -2.45. The summed E-state index contributed by atoms with van der Waals surface area (Å²) in [7, 11) is -8.41. The summed E-state index contributed by atoms with van der Waals surface area (Å²) in [4.78, 5) is 0. The molecule has 0 N–H and O–H groups in total. The smallest absolute Gasteiger partial charge is 0.382 e. The van der Waals surface area contributed by atoms with Crippen molar-refractivity contribution < 1.29 is 38.4 Å². The second kappa shape index (κ2) is 8.71. The van der Waals surface area contributed by atoms with Crippen molar-refractivity contribution in [3.8, 4) is 11.5 Å². The monoisotopic (exact) mass is 500 g/mol. The molecule has 0 amide bonds. The van der Waals surface area contributed by atoms with E-state index in [1.54, 1.807) is 0 Å². The summed E-state index contributed by atoms with van der Waals surface area (Å²) in [6.45, 7) is 0. The number of benzene rings is 3. The molecule has 3 rings (SSSR count). The van der Waals surface area contributed by atoms with E-state index in [2.05, 4.69) is 0 Å². The van der Waals surface area contributed by atoms with Crippen molar-refractivity contribution in [2.75, 3.05) is 12.5 Å². The van der Waals surface area contributed by atoms with Crippen molar-refractivity contribution in [2.24, 2.45) is 0 Å². The molecule has 0 saturated heterocycles. The van der Waals surface area contributed by atoms with Crippen LogP contribution in [0.5, 0.6) is 11.5 Å². The summed E-state index contributed by atoms with van der Waals surface area (Å²) >= 11 is 0. The molecular weight excluding hydrogens is 481 g/mol. The summed E-state index contributed by atoms with van der Waals surface area (Å²) in [5.74, 6) is -1.12. The first-order chi connectivity index (χ1) is 15.3. The third-order valence-corrected chi connectivity index (χ3v) is 5.66. The molecular formula is C22H19F3O6S2. The Morgan fingerprint density at radius 3 is 1.33 bits per heavy atom. The van der Waals surface area contributed by atoms with Crippen LogP contribution in [0.2, 0.25) is 0 Å². The van der Waals surface area contributed by atoms with Crippen LogP contribution < -0.4 is 8.37 Å². The van der Waals surface area contributed by atoms with Crippen LogP contribution in [0.4, 0.5) is 13.2 Å². The van der Waals surface area contributed by atoms with Crippen LogP contribution >= 0.6 is 0 Å². The molecule has 11 heteroatoms. The maximum atomic E-state index is 15.2. The zero-order chi connectivity index (χ0) is 24.5. The van der Waals surface area contributed by atoms with E-state index in [-0.39, 0.29) is 5.56 Å². The molecule has 0 aliphatic rings. The van der Waals surface area contributed by atoms with Crippen molar-refractivity contribution in [1.82, 2.24) is 0 Å². The van der Waals surface area contributed by atoms with Crippen molar-refractivity contribution in [3.63, 3.8) is 0 Å². The zero-order valence-electron chi connectivity index (χ0n) is 17.4. The highest BCUT2D eigenvalue weighted by Crippen LogP contribution is 2.55.